The smallest absolute Gasteiger partial charge is 0.153 e. The van der Waals surface area contributed by atoms with Crippen molar-refractivity contribution in [2.75, 3.05) is 0 Å². The van der Waals surface area contributed by atoms with E-state index >= 15 is 0 Å². The summed E-state index contributed by atoms with van der Waals surface area (Å²) in [6.07, 6.45) is 0.602. The first-order valence-electron chi connectivity index (χ1n) is 6.47. The molecule has 20 heavy (non-hydrogen) atoms. The van der Waals surface area contributed by atoms with Crippen LogP contribution in [0.5, 0.6) is 17.2 Å². The molecule has 3 heteroatoms. The van der Waals surface area contributed by atoms with Gasteiger partial charge in [0, 0.05) is 0 Å². The number of benzene rings is 2. The van der Waals surface area contributed by atoms with Crippen molar-refractivity contribution in [1.82, 2.24) is 0 Å². The standard InChI is InChI=1S/C17H18O3/c1-17(2,3)13-4-6-14(7-5-13)20-15-8-9-16(19)12(10-15)11-18/h4-11,19H,1-3H3. The molecule has 0 aliphatic carbocycles. The largest absolute Gasteiger partial charge is 0.507 e. The Kier molecular flexibility index (Phi) is 3.79. The summed E-state index contributed by atoms with van der Waals surface area (Å²) in [5.41, 5.74) is 1.54. The fourth-order valence-electron chi connectivity index (χ4n) is 1.85. The maximum atomic E-state index is 10.8. The Balaban J connectivity index is 2.20. The molecule has 0 saturated carbocycles. The molecule has 3 nitrogen and oxygen atoms in total. The minimum atomic E-state index is -0.0459. The number of carbonyl (C=O) groups is 1. The lowest BCUT2D eigenvalue weighted by Gasteiger charge is -2.19. The zero-order chi connectivity index (χ0) is 14.8. The molecule has 0 aromatic heterocycles. The number of carbonyl (C=O) groups excluding carboxylic acids is 1. The molecule has 0 fully saturated rings. The summed E-state index contributed by atoms with van der Waals surface area (Å²) >= 11 is 0. The zero-order valence-corrected chi connectivity index (χ0v) is 11.9. The molecule has 0 saturated heterocycles. The van der Waals surface area contributed by atoms with Gasteiger partial charge < -0.3 is 9.84 Å². The summed E-state index contributed by atoms with van der Waals surface area (Å²) in [6.45, 7) is 6.46. The van der Waals surface area contributed by atoms with Crippen LogP contribution >= 0.6 is 0 Å². The average Bonchev–Trinajstić information content (AvgIpc) is 2.40. The summed E-state index contributed by atoms with van der Waals surface area (Å²) in [5.74, 6) is 1.17. The highest BCUT2D eigenvalue weighted by Crippen LogP contribution is 2.28. The van der Waals surface area contributed by atoms with E-state index in [4.69, 9.17) is 4.74 Å². The Morgan fingerprint density at radius 3 is 2.15 bits per heavy atom. The van der Waals surface area contributed by atoms with Gasteiger partial charge in [0.25, 0.3) is 0 Å². The third-order valence-corrected chi connectivity index (χ3v) is 3.08. The minimum absolute atomic E-state index is 0.0459. The molecule has 0 radical (unpaired) electrons. The van der Waals surface area contributed by atoms with Crippen LogP contribution in [0.15, 0.2) is 42.5 Å². The summed E-state index contributed by atoms with van der Waals surface area (Å²) in [6, 6.07) is 12.4. The van der Waals surface area contributed by atoms with E-state index in [0.717, 1.165) is 0 Å². The van der Waals surface area contributed by atoms with Crippen molar-refractivity contribution in [2.45, 2.75) is 26.2 Å². The van der Waals surface area contributed by atoms with Crippen molar-refractivity contribution >= 4 is 6.29 Å². The number of phenolic OH excluding ortho intramolecular Hbond substituents is 1. The Bertz CT molecular complexity index is 607. The highest BCUT2D eigenvalue weighted by Gasteiger charge is 2.13. The number of aldehydes is 1. The normalized spacial score (nSPS) is 11.2. The maximum absolute atomic E-state index is 10.8. The Labute approximate surface area is 118 Å². The minimum Gasteiger partial charge on any atom is -0.507 e. The quantitative estimate of drug-likeness (QED) is 0.846. The van der Waals surface area contributed by atoms with E-state index < -0.39 is 0 Å². The number of hydrogen-bond donors (Lipinski definition) is 1. The number of ether oxygens (including phenoxy) is 1. The molecule has 0 aliphatic rings. The third kappa shape index (κ3) is 3.18. The van der Waals surface area contributed by atoms with Gasteiger partial charge in [-0.05, 0) is 41.3 Å². The monoisotopic (exact) mass is 270 g/mol. The molecule has 0 bridgehead atoms. The van der Waals surface area contributed by atoms with Gasteiger partial charge in [0.15, 0.2) is 6.29 Å². The van der Waals surface area contributed by atoms with Crippen LogP contribution in [0.4, 0.5) is 0 Å². The third-order valence-electron chi connectivity index (χ3n) is 3.08. The van der Waals surface area contributed by atoms with Crippen molar-refractivity contribution < 1.29 is 14.6 Å². The summed E-state index contributed by atoms with van der Waals surface area (Å²) in [5, 5.41) is 9.44. The predicted molar refractivity (Wildman–Crippen MR) is 78.7 cm³/mol. The lowest BCUT2D eigenvalue weighted by Crippen LogP contribution is -2.10. The van der Waals surface area contributed by atoms with Crippen molar-refractivity contribution in [3.63, 3.8) is 0 Å². The van der Waals surface area contributed by atoms with Gasteiger partial charge in [-0.3, -0.25) is 4.79 Å². The zero-order valence-electron chi connectivity index (χ0n) is 11.9. The second-order valence-electron chi connectivity index (χ2n) is 5.71. The number of aromatic hydroxyl groups is 1. The average molecular weight is 270 g/mol. The van der Waals surface area contributed by atoms with Gasteiger partial charge in [-0.25, -0.2) is 0 Å². The SMILES string of the molecule is CC(C)(C)c1ccc(Oc2ccc(O)c(C=O)c2)cc1. The van der Waals surface area contributed by atoms with E-state index in [1.165, 1.54) is 17.7 Å². The Morgan fingerprint density at radius 2 is 1.60 bits per heavy atom. The van der Waals surface area contributed by atoms with Crippen molar-refractivity contribution in [1.29, 1.82) is 0 Å². The van der Waals surface area contributed by atoms with Crippen LogP contribution in [0.1, 0.15) is 36.7 Å². The van der Waals surface area contributed by atoms with Crippen molar-refractivity contribution in [3.8, 4) is 17.2 Å². The summed E-state index contributed by atoms with van der Waals surface area (Å²) < 4.78 is 5.67. The molecule has 2 aromatic carbocycles. The van der Waals surface area contributed by atoms with E-state index in [1.54, 1.807) is 6.07 Å². The molecule has 1 N–H and O–H groups in total. The first-order chi connectivity index (χ1) is 9.40. The number of phenols is 1. The van der Waals surface area contributed by atoms with Crippen LogP contribution < -0.4 is 4.74 Å². The molecule has 2 aromatic rings. The number of rotatable bonds is 3. The Hall–Kier alpha value is -2.29. The highest BCUT2D eigenvalue weighted by molar-refractivity contribution is 5.79. The second kappa shape index (κ2) is 5.37. The molecule has 2 rings (SSSR count). The first kappa shape index (κ1) is 14.1. The van der Waals surface area contributed by atoms with Crippen LogP contribution in [0.2, 0.25) is 0 Å². The second-order valence-corrected chi connectivity index (χ2v) is 5.71. The van der Waals surface area contributed by atoms with Crippen LogP contribution in [-0.4, -0.2) is 11.4 Å². The predicted octanol–water partition coefficient (Wildman–Crippen LogP) is 4.29. The molecule has 0 spiro atoms. The molecule has 0 unspecified atom stereocenters. The first-order valence-corrected chi connectivity index (χ1v) is 6.47. The van der Waals surface area contributed by atoms with Crippen LogP contribution in [-0.2, 0) is 5.41 Å². The molecule has 0 atom stereocenters. The fourth-order valence-corrected chi connectivity index (χ4v) is 1.85. The topological polar surface area (TPSA) is 46.5 Å². The molecule has 0 heterocycles. The van der Waals surface area contributed by atoms with Gasteiger partial charge in [-0.1, -0.05) is 32.9 Å². The number of hydrogen-bond acceptors (Lipinski definition) is 3. The summed E-state index contributed by atoms with van der Waals surface area (Å²) in [7, 11) is 0. The van der Waals surface area contributed by atoms with Gasteiger partial charge in [0.05, 0.1) is 5.56 Å². The Morgan fingerprint density at radius 1 is 1.00 bits per heavy atom. The van der Waals surface area contributed by atoms with Crippen LogP contribution in [0, 0.1) is 0 Å². The fraction of sp³-hybridized carbons (Fsp3) is 0.235. The molecule has 0 aliphatic heterocycles. The highest BCUT2D eigenvalue weighted by atomic mass is 16.5. The lowest BCUT2D eigenvalue weighted by molar-refractivity contribution is 0.112. The lowest BCUT2D eigenvalue weighted by atomic mass is 9.87. The van der Waals surface area contributed by atoms with E-state index in [2.05, 4.69) is 20.8 Å². The van der Waals surface area contributed by atoms with E-state index in [-0.39, 0.29) is 16.7 Å². The van der Waals surface area contributed by atoms with Crippen molar-refractivity contribution in [2.24, 2.45) is 0 Å². The maximum Gasteiger partial charge on any atom is 0.153 e. The van der Waals surface area contributed by atoms with Crippen LogP contribution in [0.3, 0.4) is 0 Å². The molecular formula is C17H18O3. The van der Waals surface area contributed by atoms with Gasteiger partial charge in [0.2, 0.25) is 0 Å². The van der Waals surface area contributed by atoms with Gasteiger partial charge in [0.1, 0.15) is 17.2 Å². The van der Waals surface area contributed by atoms with E-state index in [1.807, 2.05) is 24.3 Å². The van der Waals surface area contributed by atoms with Gasteiger partial charge in [-0.2, -0.15) is 0 Å². The van der Waals surface area contributed by atoms with E-state index in [0.29, 0.717) is 17.8 Å². The molecule has 104 valence electrons. The van der Waals surface area contributed by atoms with Crippen molar-refractivity contribution in [3.05, 3.63) is 53.6 Å². The molecule has 0 amide bonds. The van der Waals surface area contributed by atoms with E-state index in [9.17, 15) is 9.90 Å². The van der Waals surface area contributed by atoms with Gasteiger partial charge in [-0.15, -0.1) is 0 Å². The summed E-state index contributed by atoms with van der Waals surface area (Å²) in [4.78, 5) is 10.8. The molecular weight excluding hydrogens is 252 g/mol. The van der Waals surface area contributed by atoms with Gasteiger partial charge >= 0.3 is 0 Å². The van der Waals surface area contributed by atoms with Crippen LogP contribution in [0.25, 0.3) is 0 Å².